The monoisotopic (exact) mass is 655 g/mol. The predicted octanol–water partition coefficient (Wildman–Crippen LogP) is 8.41. The molecular formula is C40H37N3O4S. The lowest BCUT2D eigenvalue weighted by Crippen LogP contribution is -2.30. The summed E-state index contributed by atoms with van der Waals surface area (Å²) in [7, 11) is 0. The summed E-state index contributed by atoms with van der Waals surface area (Å²) < 4.78 is 5.90. The van der Waals surface area contributed by atoms with Gasteiger partial charge in [-0.25, -0.2) is 0 Å². The molecule has 0 aliphatic heterocycles. The molecule has 48 heavy (non-hydrogen) atoms. The highest BCUT2D eigenvalue weighted by molar-refractivity contribution is 8.00. The number of amides is 3. The third-order valence-corrected chi connectivity index (χ3v) is 8.48. The summed E-state index contributed by atoms with van der Waals surface area (Å²) in [6.45, 7) is 6.25. The minimum absolute atomic E-state index is 0.0704. The molecule has 1 atom stereocenters. The van der Waals surface area contributed by atoms with Gasteiger partial charge < -0.3 is 20.7 Å². The Kier molecular flexibility index (Phi) is 11.5. The van der Waals surface area contributed by atoms with E-state index in [9.17, 15) is 14.4 Å². The predicted molar refractivity (Wildman–Crippen MR) is 194 cm³/mol. The second-order valence-electron chi connectivity index (χ2n) is 11.3. The van der Waals surface area contributed by atoms with Crippen molar-refractivity contribution in [3.63, 3.8) is 0 Å². The van der Waals surface area contributed by atoms with E-state index in [-0.39, 0.29) is 11.6 Å². The maximum Gasteiger partial charge on any atom is 0.272 e. The van der Waals surface area contributed by atoms with Crippen molar-refractivity contribution in [1.29, 1.82) is 0 Å². The standard InChI is InChI=1S/C40H37N3O4S/c1-27-17-22-36(28(2)23-27)42-38(44)29(3)48-35-16-10-15-33(25-35)41-40(46)37(43-39(45)32-13-8-5-9-14-32)24-30-18-20-34(21-19-30)47-26-31-11-6-4-7-12-31/h4-25,29H,26H2,1-3H3,(H,41,46)(H,42,44)(H,43,45)/b37-24+. The molecule has 0 bridgehead atoms. The first kappa shape index (κ1) is 33.8. The maximum absolute atomic E-state index is 13.6. The Labute approximate surface area is 285 Å². The summed E-state index contributed by atoms with van der Waals surface area (Å²) in [5.74, 6) is -0.340. The fraction of sp³-hybridized carbons (Fsp3) is 0.125. The molecule has 242 valence electrons. The number of hydrogen-bond acceptors (Lipinski definition) is 5. The highest BCUT2D eigenvalue weighted by Gasteiger charge is 2.18. The Morgan fingerprint density at radius 1 is 0.771 bits per heavy atom. The molecule has 0 saturated heterocycles. The molecule has 7 nitrogen and oxygen atoms in total. The zero-order valence-corrected chi connectivity index (χ0v) is 27.8. The Bertz CT molecular complexity index is 1910. The van der Waals surface area contributed by atoms with Crippen LogP contribution >= 0.6 is 11.8 Å². The van der Waals surface area contributed by atoms with Gasteiger partial charge in [0.1, 0.15) is 18.1 Å². The Morgan fingerprint density at radius 2 is 1.48 bits per heavy atom. The van der Waals surface area contributed by atoms with E-state index in [1.54, 1.807) is 42.5 Å². The molecule has 1 unspecified atom stereocenters. The number of carbonyl (C=O) groups excluding carboxylic acids is 3. The van der Waals surface area contributed by atoms with E-state index in [0.29, 0.717) is 29.2 Å². The minimum atomic E-state index is -0.494. The number of hydrogen-bond donors (Lipinski definition) is 3. The number of ether oxygens (including phenoxy) is 1. The van der Waals surface area contributed by atoms with E-state index >= 15 is 0 Å². The quantitative estimate of drug-likeness (QED) is 0.0927. The number of carbonyl (C=O) groups is 3. The van der Waals surface area contributed by atoms with Gasteiger partial charge in [0, 0.05) is 21.8 Å². The van der Waals surface area contributed by atoms with Crippen LogP contribution in [0.5, 0.6) is 5.75 Å². The third kappa shape index (κ3) is 9.70. The van der Waals surface area contributed by atoms with Gasteiger partial charge in [0.25, 0.3) is 11.8 Å². The Hall–Kier alpha value is -5.60. The number of aryl methyl sites for hydroxylation is 2. The van der Waals surface area contributed by atoms with Crippen LogP contribution in [0.1, 0.15) is 39.5 Å². The SMILES string of the molecule is Cc1ccc(NC(=O)C(C)Sc2cccc(NC(=O)/C(=C\c3ccc(OCc4ccccc4)cc3)NC(=O)c3ccccc3)c2)c(C)c1. The molecule has 0 spiro atoms. The lowest BCUT2D eigenvalue weighted by Gasteiger charge is -2.15. The van der Waals surface area contributed by atoms with Crippen LogP contribution in [-0.2, 0) is 16.2 Å². The first-order valence-electron chi connectivity index (χ1n) is 15.5. The summed E-state index contributed by atoms with van der Waals surface area (Å²) in [5.41, 5.74) is 5.69. The molecule has 0 aliphatic carbocycles. The van der Waals surface area contributed by atoms with Crippen LogP contribution in [-0.4, -0.2) is 23.0 Å². The molecule has 3 N–H and O–H groups in total. The molecule has 5 aromatic rings. The highest BCUT2D eigenvalue weighted by atomic mass is 32.2. The number of thioether (sulfide) groups is 1. The number of nitrogens with one attached hydrogen (secondary N) is 3. The van der Waals surface area contributed by atoms with Crippen LogP contribution in [0.25, 0.3) is 6.08 Å². The van der Waals surface area contributed by atoms with E-state index in [2.05, 4.69) is 16.0 Å². The van der Waals surface area contributed by atoms with Gasteiger partial charge in [0.15, 0.2) is 0 Å². The van der Waals surface area contributed by atoms with Crippen molar-refractivity contribution in [2.24, 2.45) is 0 Å². The van der Waals surface area contributed by atoms with Crippen LogP contribution < -0.4 is 20.7 Å². The molecule has 0 aliphatic rings. The van der Waals surface area contributed by atoms with Gasteiger partial charge in [0.05, 0.1) is 5.25 Å². The van der Waals surface area contributed by atoms with Crippen molar-refractivity contribution in [3.8, 4) is 5.75 Å². The highest BCUT2D eigenvalue weighted by Crippen LogP contribution is 2.28. The van der Waals surface area contributed by atoms with Crippen molar-refractivity contribution in [2.45, 2.75) is 37.5 Å². The van der Waals surface area contributed by atoms with E-state index < -0.39 is 17.1 Å². The summed E-state index contributed by atoms with van der Waals surface area (Å²) in [5, 5.41) is 8.30. The molecule has 5 rings (SSSR count). The second kappa shape index (κ2) is 16.3. The zero-order chi connectivity index (χ0) is 33.9. The van der Waals surface area contributed by atoms with Crippen LogP contribution in [0, 0.1) is 13.8 Å². The summed E-state index contributed by atoms with van der Waals surface area (Å²) in [4.78, 5) is 40.5. The Balaban J connectivity index is 1.28. The van der Waals surface area contributed by atoms with Gasteiger partial charge >= 0.3 is 0 Å². The molecular weight excluding hydrogens is 619 g/mol. The molecule has 0 radical (unpaired) electrons. The second-order valence-corrected chi connectivity index (χ2v) is 12.7. The summed E-state index contributed by atoms with van der Waals surface area (Å²) >= 11 is 1.38. The van der Waals surface area contributed by atoms with Gasteiger partial charge in [-0.1, -0.05) is 84.4 Å². The normalized spacial score (nSPS) is 11.7. The van der Waals surface area contributed by atoms with Gasteiger partial charge in [0.2, 0.25) is 5.91 Å². The van der Waals surface area contributed by atoms with Crippen molar-refractivity contribution in [3.05, 3.63) is 161 Å². The van der Waals surface area contributed by atoms with E-state index in [1.165, 1.54) is 11.8 Å². The lowest BCUT2D eigenvalue weighted by atomic mass is 10.1. The van der Waals surface area contributed by atoms with Gasteiger partial charge in [-0.3, -0.25) is 14.4 Å². The lowest BCUT2D eigenvalue weighted by molar-refractivity contribution is -0.115. The number of benzene rings is 5. The molecule has 5 aromatic carbocycles. The third-order valence-electron chi connectivity index (χ3n) is 7.38. The van der Waals surface area contributed by atoms with Crippen LogP contribution in [0.4, 0.5) is 11.4 Å². The van der Waals surface area contributed by atoms with Crippen molar-refractivity contribution in [1.82, 2.24) is 5.32 Å². The first-order valence-corrected chi connectivity index (χ1v) is 16.4. The van der Waals surface area contributed by atoms with Crippen LogP contribution in [0.15, 0.2) is 138 Å². The van der Waals surface area contributed by atoms with Crippen molar-refractivity contribution >= 4 is 46.9 Å². The zero-order valence-electron chi connectivity index (χ0n) is 27.0. The average molecular weight is 656 g/mol. The van der Waals surface area contributed by atoms with Gasteiger partial charge in [-0.05, 0) is 92.1 Å². The Morgan fingerprint density at radius 3 is 2.19 bits per heavy atom. The van der Waals surface area contributed by atoms with Gasteiger partial charge in [-0.2, -0.15) is 0 Å². The van der Waals surface area contributed by atoms with Gasteiger partial charge in [-0.15, -0.1) is 11.8 Å². The van der Waals surface area contributed by atoms with E-state index in [4.69, 9.17) is 4.74 Å². The smallest absolute Gasteiger partial charge is 0.272 e. The molecule has 0 fully saturated rings. The van der Waals surface area contributed by atoms with Crippen molar-refractivity contribution < 1.29 is 19.1 Å². The summed E-state index contributed by atoms with van der Waals surface area (Å²) in [6.07, 6.45) is 1.62. The largest absolute Gasteiger partial charge is 0.489 e. The fourth-order valence-corrected chi connectivity index (χ4v) is 5.73. The summed E-state index contributed by atoms with van der Waals surface area (Å²) in [6, 6.07) is 39.0. The number of rotatable bonds is 12. The van der Waals surface area contributed by atoms with E-state index in [1.807, 2.05) is 112 Å². The molecule has 0 aromatic heterocycles. The molecule has 3 amide bonds. The first-order chi connectivity index (χ1) is 23.2. The maximum atomic E-state index is 13.6. The fourth-order valence-electron chi connectivity index (χ4n) is 4.80. The van der Waals surface area contributed by atoms with Crippen LogP contribution in [0.3, 0.4) is 0 Å². The van der Waals surface area contributed by atoms with E-state index in [0.717, 1.165) is 27.3 Å². The minimum Gasteiger partial charge on any atom is -0.489 e. The van der Waals surface area contributed by atoms with Crippen molar-refractivity contribution in [2.75, 3.05) is 10.6 Å². The molecule has 0 heterocycles. The topological polar surface area (TPSA) is 96.5 Å². The molecule has 0 saturated carbocycles. The molecule has 8 heteroatoms. The average Bonchev–Trinajstić information content (AvgIpc) is 3.09. The number of anilines is 2. The van der Waals surface area contributed by atoms with Crippen LogP contribution in [0.2, 0.25) is 0 Å².